The molecule has 2 atom stereocenters. The zero-order valence-corrected chi connectivity index (χ0v) is 19.6. The number of hydrogen-bond acceptors (Lipinski definition) is 1. The lowest BCUT2D eigenvalue weighted by molar-refractivity contribution is -0.927. The second-order valence-corrected chi connectivity index (χ2v) is 8.70. The predicted octanol–water partition coefficient (Wildman–Crippen LogP) is 3.54. The maximum atomic E-state index is 9.77. The number of alkyl halides is 1. The molecule has 0 rings (SSSR count). The van der Waals surface area contributed by atoms with Gasteiger partial charge in [-0.05, 0) is 27.2 Å². The van der Waals surface area contributed by atoms with Crippen molar-refractivity contribution in [1.29, 1.82) is 0 Å². The maximum absolute atomic E-state index is 9.77. The Morgan fingerprint density at radius 3 is 1.65 bits per heavy atom. The van der Waals surface area contributed by atoms with Crippen LogP contribution in [0.5, 0.6) is 0 Å². The van der Waals surface area contributed by atoms with E-state index in [0.29, 0.717) is 5.38 Å². The van der Waals surface area contributed by atoms with Gasteiger partial charge in [0, 0.05) is 11.8 Å². The van der Waals surface area contributed by atoms with E-state index < -0.39 is 0 Å². The molecule has 26 heavy (non-hydrogen) atoms. The molecule has 0 bridgehead atoms. The Balaban J connectivity index is 0. The number of likely N-dealkylation sites (N-methyl/N-ethyl adjacent to an activating group) is 1. The molecule has 0 aromatic rings. The van der Waals surface area contributed by atoms with E-state index in [-0.39, 0.29) is 18.5 Å². The number of hydrogen-bond donors (Lipinski definition) is 1. The summed E-state index contributed by atoms with van der Waals surface area (Å²) in [4.78, 5) is 0. The minimum atomic E-state index is -0.226. The minimum Gasteiger partial charge on any atom is -1.00 e. The van der Waals surface area contributed by atoms with Gasteiger partial charge in [-0.2, -0.15) is 0 Å². The van der Waals surface area contributed by atoms with Gasteiger partial charge in [-0.3, -0.25) is 0 Å². The van der Waals surface area contributed by atoms with Crippen LogP contribution in [-0.4, -0.2) is 47.2 Å². The Morgan fingerprint density at radius 1 is 0.769 bits per heavy atom. The van der Waals surface area contributed by atoms with E-state index in [1.54, 1.807) is 0 Å². The summed E-state index contributed by atoms with van der Waals surface area (Å²) in [6, 6.07) is 0. The normalized spacial score (nSPS) is 14.1. The third-order valence-electron chi connectivity index (χ3n) is 5.78. The van der Waals surface area contributed by atoms with Gasteiger partial charge in [0.2, 0.25) is 0 Å². The molecule has 0 fully saturated rings. The van der Waals surface area contributed by atoms with E-state index in [4.69, 9.17) is 11.6 Å². The molecule has 0 aromatic heterocycles. The molecule has 0 aliphatic carbocycles. The number of nitrogens with zero attached hydrogens (tertiary/aromatic N) is 1. The van der Waals surface area contributed by atoms with Gasteiger partial charge in [-0.15, -0.1) is 11.6 Å². The summed E-state index contributed by atoms with van der Waals surface area (Å²) < 4.78 is 0.999. The average Bonchev–Trinajstić information content (AvgIpc) is 2.60. The first-order valence-corrected chi connectivity index (χ1v) is 11.6. The lowest BCUT2D eigenvalue weighted by Crippen LogP contribution is -3.00. The summed E-state index contributed by atoms with van der Waals surface area (Å²) in [5.74, 6) is 0. The number of rotatable bonds is 18. The highest BCUT2D eigenvalue weighted by Crippen LogP contribution is 2.18. The average molecular weight is 413 g/mol. The van der Waals surface area contributed by atoms with Crippen LogP contribution in [0.4, 0.5) is 0 Å². The van der Waals surface area contributed by atoms with Crippen molar-refractivity contribution in [2.75, 3.05) is 26.2 Å². The molecule has 0 heterocycles. The third-order valence-corrected chi connectivity index (χ3v) is 6.22. The Bertz CT molecular complexity index is 283. The highest BCUT2D eigenvalue weighted by molar-refractivity contribution is 6.20. The highest BCUT2D eigenvalue weighted by atomic mass is 35.5. The Morgan fingerprint density at radius 2 is 1.23 bits per heavy atom. The fourth-order valence-electron chi connectivity index (χ4n) is 3.86. The summed E-state index contributed by atoms with van der Waals surface area (Å²) in [6.07, 6.45) is 15.8. The Labute approximate surface area is 176 Å². The topological polar surface area (TPSA) is 20.2 Å². The van der Waals surface area contributed by atoms with Gasteiger partial charge >= 0.3 is 0 Å². The first kappa shape index (κ1) is 28.7. The number of halogens is 2. The van der Waals surface area contributed by atoms with Crippen molar-refractivity contribution in [3.8, 4) is 0 Å². The summed E-state index contributed by atoms with van der Waals surface area (Å²) >= 11 is 6.58. The molecule has 0 amide bonds. The van der Waals surface area contributed by atoms with Crippen molar-refractivity contribution >= 4 is 11.6 Å². The summed E-state index contributed by atoms with van der Waals surface area (Å²) in [5, 5.41) is 10.1. The summed E-state index contributed by atoms with van der Waals surface area (Å²) in [7, 11) is 0. The predicted molar refractivity (Wildman–Crippen MR) is 113 cm³/mol. The lowest BCUT2D eigenvalue weighted by Gasteiger charge is -2.38. The van der Waals surface area contributed by atoms with Crippen molar-refractivity contribution in [2.24, 2.45) is 0 Å². The molecule has 2 unspecified atom stereocenters. The first-order chi connectivity index (χ1) is 12.0. The summed E-state index contributed by atoms with van der Waals surface area (Å²) in [5.41, 5.74) is 0. The molecular weight excluding hydrogens is 365 g/mol. The molecule has 2 nitrogen and oxygen atoms in total. The van der Waals surface area contributed by atoms with Crippen molar-refractivity contribution in [3.63, 3.8) is 0 Å². The molecule has 0 saturated heterocycles. The molecule has 0 saturated carbocycles. The molecule has 0 spiro atoms. The van der Waals surface area contributed by atoms with Crippen LogP contribution in [0.2, 0.25) is 0 Å². The van der Waals surface area contributed by atoms with E-state index in [9.17, 15) is 5.11 Å². The lowest BCUT2D eigenvalue weighted by atomic mass is 10.0. The fourth-order valence-corrected chi connectivity index (χ4v) is 4.11. The number of aliphatic hydroxyl groups excluding tert-OH is 1. The molecular formula is C22H47Cl2NO. The van der Waals surface area contributed by atoms with Crippen LogP contribution in [0, 0.1) is 0 Å². The van der Waals surface area contributed by atoms with Crippen LogP contribution >= 0.6 is 11.6 Å². The van der Waals surface area contributed by atoms with E-state index in [1.807, 2.05) is 6.92 Å². The van der Waals surface area contributed by atoms with Crippen molar-refractivity contribution in [2.45, 2.75) is 116 Å². The van der Waals surface area contributed by atoms with Gasteiger partial charge in [0.15, 0.2) is 0 Å². The minimum absolute atomic E-state index is 0. The molecule has 4 heteroatoms. The monoisotopic (exact) mass is 411 g/mol. The zero-order valence-electron chi connectivity index (χ0n) is 18.1. The second kappa shape index (κ2) is 18.8. The van der Waals surface area contributed by atoms with Gasteiger partial charge in [0.25, 0.3) is 0 Å². The third kappa shape index (κ3) is 15.5. The number of unbranched alkanes of at least 4 members (excludes halogenated alkanes) is 9. The van der Waals surface area contributed by atoms with Gasteiger partial charge in [-0.25, -0.2) is 0 Å². The Hall–Kier alpha value is 0.500. The van der Waals surface area contributed by atoms with Crippen LogP contribution in [0.1, 0.15) is 105 Å². The maximum Gasteiger partial charge on any atom is 0.105 e. The van der Waals surface area contributed by atoms with Crippen LogP contribution in [0.15, 0.2) is 0 Å². The van der Waals surface area contributed by atoms with E-state index >= 15 is 0 Å². The van der Waals surface area contributed by atoms with Crippen LogP contribution in [-0.2, 0) is 0 Å². The van der Waals surface area contributed by atoms with E-state index in [0.717, 1.165) is 43.5 Å². The summed E-state index contributed by atoms with van der Waals surface area (Å²) in [6.45, 7) is 12.8. The Kier molecular flexibility index (Phi) is 20.8. The molecule has 0 aliphatic rings. The standard InChI is InChI=1S/C22H47ClNO.ClH/c1-5-8-9-10-11-12-13-14-15-16-17-22(23)18-19-24(6-2,7-3)20-21(4)25;/h21-22,25H,5-20H2,1-4H3;1H/q+1;/p-1. The van der Waals surface area contributed by atoms with E-state index in [2.05, 4.69) is 20.8 Å². The number of aliphatic hydroxyl groups is 1. The molecule has 0 aliphatic heterocycles. The van der Waals surface area contributed by atoms with Crippen molar-refractivity contribution in [3.05, 3.63) is 0 Å². The molecule has 160 valence electrons. The second-order valence-electron chi connectivity index (χ2n) is 8.09. The zero-order chi connectivity index (χ0) is 19.0. The van der Waals surface area contributed by atoms with Crippen LogP contribution in [0.25, 0.3) is 0 Å². The van der Waals surface area contributed by atoms with E-state index in [1.165, 1.54) is 64.2 Å². The molecule has 1 N–H and O–H groups in total. The molecule has 0 radical (unpaired) electrons. The van der Waals surface area contributed by atoms with Gasteiger partial charge < -0.3 is 22.0 Å². The van der Waals surface area contributed by atoms with Crippen LogP contribution < -0.4 is 12.4 Å². The van der Waals surface area contributed by atoms with Crippen LogP contribution in [0.3, 0.4) is 0 Å². The molecule has 0 aromatic carbocycles. The number of quaternary nitrogens is 1. The SMILES string of the molecule is CCCCCCCCCCCCC(Cl)CC[N+](CC)(CC)CC(C)O.[Cl-]. The van der Waals surface area contributed by atoms with Gasteiger partial charge in [-0.1, -0.05) is 71.1 Å². The van der Waals surface area contributed by atoms with Gasteiger partial charge in [0.05, 0.1) is 19.6 Å². The smallest absolute Gasteiger partial charge is 0.105 e. The quantitative estimate of drug-likeness (QED) is 0.207. The fraction of sp³-hybridized carbons (Fsp3) is 1.00. The first-order valence-electron chi connectivity index (χ1n) is 11.2. The largest absolute Gasteiger partial charge is 1.00 e. The van der Waals surface area contributed by atoms with Crippen molar-refractivity contribution < 1.29 is 22.0 Å². The highest BCUT2D eigenvalue weighted by Gasteiger charge is 2.26. The van der Waals surface area contributed by atoms with Crippen molar-refractivity contribution in [1.82, 2.24) is 0 Å². The van der Waals surface area contributed by atoms with Gasteiger partial charge in [0.1, 0.15) is 12.6 Å².